The van der Waals surface area contributed by atoms with Gasteiger partial charge >= 0.3 is 0 Å². The zero-order valence-electron chi connectivity index (χ0n) is 17.1. The van der Waals surface area contributed by atoms with Crippen LogP contribution in [0.5, 0.6) is 0 Å². The van der Waals surface area contributed by atoms with Crippen LogP contribution in [0.15, 0.2) is 52.5 Å². The molecular weight excluding hydrogens is 380 g/mol. The molecule has 1 saturated heterocycles. The molecule has 5 heterocycles. The van der Waals surface area contributed by atoms with Gasteiger partial charge in [0.1, 0.15) is 12.6 Å². The molecule has 0 amide bonds. The molecule has 3 aromatic rings. The highest BCUT2D eigenvalue weighted by molar-refractivity contribution is 5.22. The molecule has 2 aliphatic heterocycles. The fourth-order valence-electron chi connectivity index (χ4n) is 4.95. The second-order valence-corrected chi connectivity index (χ2v) is 8.60. The van der Waals surface area contributed by atoms with E-state index in [1.807, 2.05) is 36.1 Å². The van der Waals surface area contributed by atoms with Gasteiger partial charge in [0.05, 0.1) is 5.69 Å². The molecule has 0 spiro atoms. The molecule has 30 heavy (non-hydrogen) atoms. The second-order valence-electron chi connectivity index (χ2n) is 8.60. The van der Waals surface area contributed by atoms with E-state index in [1.165, 1.54) is 5.69 Å². The van der Waals surface area contributed by atoms with Crippen molar-refractivity contribution in [2.45, 2.75) is 38.5 Å². The third-order valence-corrected chi connectivity index (χ3v) is 6.14. The minimum atomic E-state index is 0.152. The van der Waals surface area contributed by atoms with Gasteiger partial charge in [-0.15, -0.1) is 0 Å². The summed E-state index contributed by atoms with van der Waals surface area (Å²) in [7, 11) is 2.00. The van der Waals surface area contributed by atoms with Crippen LogP contribution < -0.4 is 5.56 Å². The summed E-state index contributed by atoms with van der Waals surface area (Å²) in [5.74, 6) is 0.901. The molecule has 1 fully saturated rings. The van der Waals surface area contributed by atoms with Crippen molar-refractivity contribution in [2.75, 3.05) is 20.1 Å². The largest absolute Gasteiger partial charge is 0.364 e. The first kappa shape index (κ1) is 19.1. The highest BCUT2D eigenvalue weighted by atomic mass is 16.5. The van der Waals surface area contributed by atoms with Crippen LogP contribution in [-0.2, 0) is 26.2 Å². The van der Waals surface area contributed by atoms with Gasteiger partial charge in [0.2, 0.25) is 0 Å². The Balaban J connectivity index is 1.31. The van der Waals surface area contributed by atoms with Crippen LogP contribution in [0.4, 0.5) is 0 Å². The molecular formula is C22H26N6O2. The molecule has 0 radical (unpaired) electrons. The Bertz CT molecular complexity index is 1050. The van der Waals surface area contributed by atoms with E-state index < -0.39 is 0 Å². The van der Waals surface area contributed by atoms with Gasteiger partial charge in [0, 0.05) is 80.5 Å². The molecule has 2 aliphatic rings. The molecule has 0 unspecified atom stereocenters. The predicted molar refractivity (Wildman–Crippen MR) is 111 cm³/mol. The van der Waals surface area contributed by atoms with Gasteiger partial charge < -0.3 is 9.09 Å². The molecule has 0 saturated carbocycles. The Morgan fingerprint density at radius 3 is 2.80 bits per heavy atom. The van der Waals surface area contributed by atoms with Gasteiger partial charge in [-0.3, -0.25) is 14.6 Å². The number of hydrogen-bond donors (Lipinski definition) is 0. The molecule has 2 atom stereocenters. The zero-order chi connectivity index (χ0) is 20.5. The first-order valence-electron chi connectivity index (χ1n) is 10.4. The zero-order valence-corrected chi connectivity index (χ0v) is 17.1. The Hall–Kier alpha value is -2.84. The lowest BCUT2D eigenvalue weighted by Gasteiger charge is -2.43. The van der Waals surface area contributed by atoms with E-state index in [1.54, 1.807) is 12.6 Å². The van der Waals surface area contributed by atoms with E-state index in [9.17, 15) is 4.79 Å². The minimum absolute atomic E-state index is 0.152. The third kappa shape index (κ3) is 3.93. The minimum Gasteiger partial charge on any atom is -0.364 e. The molecule has 0 aromatic carbocycles. The number of pyridine rings is 1. The number of rotatable bonds is 6. The summed E-state index contributed by atoms with van der Waals surface area (Å²) < 4.78 is 6.93. The van der Waals surface area contributed by atoms with E-state index in [0.29, 0.717) is 24.9 Å². The normalized spacial score (nSPS) is 21.0. The maximum Gasteiger partial charge on any atom is 0.255 e. The summed E-state index contributed by atoms with van der Waals surface area (Å²) in [5, 5.41) is 3.95. The topological polar surface area (TPSA) is 80.3 Å². The lowest BCUT2D eigenvalue weighted by atomic mass is 9.83. The maximum atomic E-state index is 13.2. The molecule has 0 N–H and O–H groups in total. The number of piperidine rings is 1. The Morgan fingerprint density at radius 2 is 2.00 bits per heavy atom. The van der Waals surface area contributed by atoms with E-state index >= 15 is 0 Å². The summed E-state index contributed by atoms with van der Waals surface area (Å²) in [4.78, 5) is 26.1. The molecule has 5 rings (SSSR count). The summed E-state index contributed by atoms with van der Waals surface area (Å²) in [5.41, 5.74) is 4.17. The van der Waals surface area contributed by atoms with E-state index in [4.69, 9.17) is 4.52 Å². The van der Waals surface area contributed by atoms with Crippen molar-refractivity contribution in [1.29, 1.82) is 0 Å². The lowest BCUT2D eigenvalue weighted by Crippen LogP contribution is -2.47. The first-order chi connectivity index (χ1) is 14.7. The van der Waals surface area contributed by atoms with Crippen LogP contribution in [0.2, 0.25) is 0 Å². The van der Waals surface area contributed by atoms with Gasteiger partial charge in [-0.1, -0.05) is 11.2 Å². The third-order valence-electron chi connectivity index (χ3n) is 6.14. The fraction of sp³-hybridized carbons (Fsp3) is 0.455. The highest BCUT2D eigenvalue weighted by Gasteiger charge is 2.35. The van der Waals surface area contributed by atoms with Crippen molar-refractivity contribution in [2.24, 2.45) is 5.92 Å². The van der Waals surface area contributed by atoms with Gasteiger partial charge in [0.25, 0.3) is 5.56 Å². The van der Waals surface area contributed by atoms with E-state index in [0.717, 1.165) is 49.4 Å². The summed E-state index contributed by atoms with van der Waals surface area (Å²) in [6.45, 7) is 4.89. The number of fused-ring (bicyclic) bond motifs is 4. The smallest absolute Gasteiger partial charge is 0.255 e. The van der Waals surface area contributed by atoms with Gasteiger partial charge in [-0.2, -0.15) is 0 Å². The standard InChI is InChI=1S/C22H26N6O2/c1-26(14-20-4-5-30-25-20)12-18-2-3-21-19-6-16(11-28(21)22(18)29)9-27(13-19)10-17-7-23-15-24-8-17/h2-5,7-8,15-16,19H,6,9-14H2,1H3/t16-,19+/m0/s1. The van der Waals surface area contributed by atoms with Crippen LogP contribution in [0.1, 0.15) is 34.9 Å². The Kier molecular flexibility index (Phi) is 5.18. The summed E-state index contributed by atoms with van der Waals surface area (Å²) in [6.07, 6.45) is 8.07. The van der Waals surface area contributed by atoms with Crippen LogP contribution in [-0.4, -0.2) is 49.6 Å². The summed E-state index contributed by atoms with van der Waals surface area (Å²) >= 11 is 0. The Labute approximate surface area is 175 Å². The lowest BCUT2D eigenvalue weighted by molar-refractivity contribution is 0.114. The molecule has 8 heteroatoms. The molecule has 8 nitrogen and oxygen atoms in total. The number of aromatic nitrogens is 4. The number of hydrogen-bond acceptors (Lipinski definition) is 7. The van der Waals surface area contributed by atoms with E-state index in [2.05, 4.69) is 31.0 Å². The SMILES string of the molecule is CN(Cc1ccon1)Cc1ccc2n(c1=O)C[C@H]1C[C@@H]2CN(Cc2cncnc2)C1. The fourth-order valence-corrected chi connectivity index (χ4v) is 4.95. The van der Waals surface area contributed by atoms with Crippen molar-refractivity contribution in [1.82, 2.24) is 29.5 Å². The van der Waals surface area contributed by atoms with Gasteiger partial charge in [-0.25, -0.2) is 9.97 Å². The quantitative estimate of drug-likeness (QED) is 0.618. The molecule has 3 aromatic heterocycles. The molecule has 156 valence electrons. The second kappa shape index (κ2) is 8.12. The monoisotopic (exact) mass is 406 g/mol. The highest BCUT2D eigenvalue weighted by Crippen LogP contribution is 2.35. The van der Waals surface area contributed by atoms with Crippen molar-refractivity contribution in [3.63, 3.8) is 0 Å². The predicted octanol–water partition coefficient (Wildman–Crippen LogP) is 1.88. The van der Waals surface area contributed by atoms with Crippen molar-refractivity contribution >= 4 is 0 Å². The van der Waals surface area contributed by atoms with Crippen LogP contribution in [0, 0.1) is 5.92 Å². The van der Waals surface area contributed by atoms with Crippen LogP contribution in [0.3, 0.4) is 0 Å². The molecule has 2 bridgehead atoms. The number of likely N-dealkylation sites (tertiary alicyclic amines) is 1. The van der Waals surface area contributed by atoms with Gasteiger partial charge in [0.15, 0.2) is 0 Å². The van der Waals surface area contributed by atoms with Crippen LogP contribution in [0.25, 0.3) is 0 Å². The van der Waals surface area contributed by atoms with Crippen molar-refractivity contribution in [3.05, 3.63) is 76.1 Å². The maximum absolute atomic E-state index is 13.2. The summed E-state index contributed by atoms with van der Waals surface area (Å²) in [6, 6.07) is 6.03. The average Bonchev–Trinajstić information content (AvgIpc) is 3.24. The van der Waals surface area contributed by atoms with Crippen molar-refractivity contribution < 1.29 is 4.52 Å². The molecule has 0 aliphatic carbocycles. The average molecular weight is 406 g/mol. The van der Waals surface area contributed by atoms with E-state index in [-0.39, 0.29) is 5.56 Å². The Morgan fingerprint density at radius 1 is 1.13 bits per heavy atom. The first-order valence-corrected chi connectivity index (χ1v) is 10.4. The number of nitrogens with zero attached hydrogens (tertiary/aromatic N) is 6. The van der Waals surface area contributed by atoms with Crippen LogP contribution >= 0.6 is 0 Å². The van der Waals surface area contributed by atoms with Gasteiger partial charge in [-0.05, 0) is 25.5 Å². The van der Waals surface area contributed by atoms with Crippen molar-refractivity contribution in [3.8, 4) is 0 Å².